The highest BCUT2D eigenvalue weighted by atomic mass is 32.2. The van der Waals surface area contributed by atoms with Crippen LogP contribution in [-0.4, -0.2) is 48.6 Å². The maximum atomic E-state index is 12.1. The van der Waals surface area contributed by atoms with E-state index in [2.05, 4.69) is 15.2 Å². The van der Waals surface area contributed by atoms with Gasteiger partial charge in [-0.2, -0.15) is 21.9 Å². The quantitative estimate of drug-likeness (QED) is 0.120. The third-order valence-electron chi connectivity index (χ3n) is 5.71. The van der Waals surface area contributed by atoms with E-state index in [9.17, 15) is 30.7 Å². The summed E-state index contributed by atoms with van der Waals surface area (Å²) in [6, 6.07) is 12.9. The summed E-state index contributed by atoms with van der Waals surface area (Å²) in [5.74, 6) is -0.749. The molecule has 4 rings (SSSR count). The normalized spacial score (nSPS) is 12.4. The number of carboxylic acid groups (broad SMARTS) is 1. The van der Waals surface area contributed by atoms with Crippen LogP contribution < -0.4 is 4.74 Å². The van der Waals surface area contributed by atoms with Crippen molar-refractivity contribution < 1.29 is 40.6 Å². The highest BCUT2D eigenvalue weighted by Crippen LogP contribution is 2.40. The van der Waals surface area contributed by atoms with Crippen molar-refractivity contribution >= 4 is 59.3 Å². The van der Waals surface area contributed by atoms with E-state index in [1.165, 1.54) is 36.5 Å². The summed E-state index contributed by atoms with van der Waals surface area (Å²) in [7, 11) is -9.02. The minimum Gasteiger partial charge on any atom is -0.489 e. The van der Waals surface area contributed by atoms with Crippen LogP contribution in [0.2, 0.25) is 0 Å². The SMILES string of the molecule is O=C(O)CCCCCOc1c(N=Nc2ccc3cc(S(=O)(=O)O)ccc3c2)cc(S(=O)(=O)O)c2cccnc12. The zero-order valence-electron chi connectivity index (χ0n) is 20.3. The molecule has 0 bridgehead atoms. The third kappa shape index (κ3) is 6.92. The molecule has 0 fully saturated rings. The number of aromatic nitrogens is 1. The van der Waals surface area contributed by atoms with Crippen LogP contribution in [0.3, 0.4) is 0 Å². The second-order valence-electron chi connectivity index (χ2n) is 8.52. The van der Waals surface area contributed by atoms with Gasteiger partial charge >= 0.3 is 5.97 Å². The van der Waals surface area contributed by atoms with Gasteiger partial charge in [-0.25, -0.2) is 0 Å². The Balaban J connectivity index is 1.71. The summed E-state index contributed by atoms with van der Waals surface area (Å²) in [5, 5.41) is 18.4. The molecular weight excluding hydrogens is 550 g/mol. The van der Waals surface area contributed by atoms with E-state index in [0.29, 0.717) is 35.7 Å². The molecule has 1 heterocycles. The standard InChI is InChI=1S/C25H23N3O9S2/c29-23(30)6-2-1-3-12-37-25-21(15-22(39(34,35)36)20-5-4-11-26-24(20)25)28-27-18-9-7-17-14-19(38(31,32)33)10-8-16(17)13-18/h4-5,7-11,13-15H,1-3,6,12H2,(H,29,30)(H,31,32,33)(H,34,35,36). The van der Waals surface area contributed by atoms with Crippen LogP contribution in [-0.2, 0) is 25.0 Å². The fourth-order valence-electron chi connectivity index (χ4n) is 3.88. The fraction of sp³-hybridized carbons (Fsp3) is 0.200. The zero-order valence-corrected chi connectivity index (χ0v) is 21.9. The van der Waals surface area contributed by atoms with Crippen molar-refractivity contribution in [3.63, 3.8) is 0 Å². The lowest BCUT2D eigenvalue weighted by molar-refractivity contribution is -0.137. The van der Waals surface area contributed by atoms with E-state index in [4.69, 9.17) is 9.84 Å². The Kier molecular flexibility index (Phi) is 8.20. The summed E-state index contributed by atoms with van der Waals surface area (Å²) in [6.45, 7) is 0.172. The van der Waals surface area contributed by atoms with Gasteiger partial charge in [-0.15, -0.1) is 5.11 Å². The number of hydrogen-bond acceptors (Lipinski definition) is 9. The van der Waals surface area contributed by atoms with Gasteiger partial charge in [0.25, 0.3) is 20.2 Å². The second-order valence-corrected chi connectivity index (χ2v) is 11.3. The Bertz CT molecular complexity index is 1800. The lowest BCUT2D eigenvalue weighted by Crippen LogP contribution is -2.04. The molecule has 3 N–H and O–H groups in total. The molecule has 0 aliphatic rings. The predicted molar refractivity (Wildman–Crippen MR) is 141 cm³/mol. The molecule has 0 atom stereocenters. The van der Waals surface area contributed by atoms with Crippen molar-refractivity contribution in [2.75, 3.05) is 6.61 Å². The summed E-state index contributed by atoms with van der Waals surface area (Å²) in [4.78, 5) is 14.3. The van der Waals surface area contributed by atoms with Crippen LogP contribution in [0.4, 0.5) is 11.4 Å². The van der Waals surface area contributed by atoms with E-state index in [-0.39, 0.29) is 40.3 Å². The Hall–Kier alpha value is -3.98. The predicted octanol–water partition coefficient (Wildman–Crippen LogP) is 5.32. The molecule has 0 spiro atoms. The van der Waals surface area contributed by atoms with Crippen molar-refractivity contribution in [1.29, 1.82) is 0 Å². The van der Waals surface area contributed by atoms with Crippen LogP contribution in [0.1, 0.15) is 25.7 Å². The number of unbranched alkanes of at least 4 members (excludes halogenated alkanes) is 2. The number of aliphatic carboxylic acids is 1. The van der Waals surface area contributed by atoms with Gasteiger partial charge in [-0.3, -0.25) is 18.9 Å². The first-order valence-electron chi connectivity index (χ1n) is 11.6. The van der Waals surface area contributed by atoms with Gasteiger partial charge in [0.2, 0.25) is 0 Å². The van der Waals surface area contributed by atoms with Gasteiger partial charge in [0.1, 0.15) is 16.1 Å². The third-order valence-corrected chi connectivity index (χ3v) is 7.46. The van der Waals surface area contributed by atoms with Crippen molar-refractivity contribution in [2.45, 2.75) is 35.5 Å². The molecule has 0 aliphatic carbocycles. The molecule has 1 aromatic heterocycles. The van der Waals surface area contributed by atoms with Crippen molar-refractivity contribution in [2.24, 2.45) is 10.2 Å². The Morgan fingerprint density at radius 3 is 2.33 bits per heavy atom. The maximum Gasteiger partial charge on any atom is 0.303 e. The van der Waals surface area contributed by atoms with Gasteiger partial charge in [0, 0.05) is 18.0 Å². The van der Waals surface area contributed by atoms with Crippen molar-refractivity contribution in [3.8, 4) is 5.75 Å². The summed E-state index contributed by atoms with van der Waals surface area (Å²) in [5.41, 5.74) is 0.473. The average Bonchev–Trinajstić information content (AvgIpc) is 2.87. The number of azo groups is 1. The van der Waals surface area contributed by atoms with E-state index >= 15 is 0 Å². The molecule has 0 saturated heterocycles. The molecule has 12 nitrogen and oxygen atoms in total. The second kappa shape index (κ2) is 11.4. The number of benzene rings is 3. The topological polar surface area (TPSA) is 193 Å². The van der Waals surface area contributed by atoms with Gasteiger partial charge in [-0.1, -0.05) is 12.1 Å². The average molecular weight is 574 g/mol. The number of pyridine rings is 1. The smallest absolute Gasteiger partial charge is 0.303 e. The number of carboxylic acids is 1. The number of rotatable bonds is 11. The summed E-state index contributed by atoms with van der Waals surface area (Å²) < 4.78 is 72.0. The van der Waals surface area contributed by atoms with E-state index in [0.717, 1.165) is 6.07 Å². The lowest BCUT2D eigenvalue weighted by atomic mass is 10.1. The number of fused-ring (bicyclic) bond motifs is 2. The molecule has 3 aromatic carbocycles. The van der Waals surface area contributed by atoms with Crippen LogP contribution in [0.25, 0.3) is 21.7 Å². The largest absolute Gasteiger partial charge is 0.489 e. The Morgan fingerprint density at radius 1 is 0.872 bits per heavy atom. The molecular formula is C25H23N3O9S2. The van der Waals surface area contributed by atoms with E-state index in [1.807, 2.05) is 0 Å². The van der Waals surface area contributed by atoms with Crippen LogP contribution in [0.15, 0.2) is 80.8 Å². The molecule has 39 heavy (non-hydrogen) atoms. The molecule has 0 saturated carbocycles. The number of ether oxygens (including phenoxy) is 1. The van der Waals surface area contributed by atoms with Crippen LogP contribution in [0, 0.1) is 0 Å². The van der Waals surface area contributed by atoms with Gasteiger partial charge in [-0.05, 0) is 72.5 Å². The van der Waals surface area contributed by atoms with E-state index < -0.39 is 31.1 Å². The Morgan fingerprint density at radius 2 is 1.62 bits per heavy atom. The molecule has 0 radical (unpaired) electrons. The molecule has 0 aliphatic heterocycles. The maximum absolute atomic E-state index is 12.1. The zero-order chi connectivity index (χ0) is 28.2. The molecule has 14 heteroatoms. The Labute approximate surface area is 223 Å². The summed E-state index contributed by atoms with van der Waals surface area (Å²) >= 11 is 0. The summed E-state index contributed by atoms with van der Waals surface area (Å²) in [6.07, 6.45) is 3.05. The molecule has 0 unspecified atom stereocenters. The molecule has 0 amide bonds. The van der Waals surface area contributed by atoms with Gasteiger partial charge in [0.05, 0.1) is 17.2 Å². The minimum atomic E-state index is -4.66. The lowest BCUT2D eigenvalue weighted by Gasteiger charge is -2.13. The minimum absolute atomic E-state index is 0.0128. The van der Waals surface area contributed by atoms with Gasteiger partial charge < -0.3 is 9.84 Å². The van der Waals surface area contributed by atoms with Crippen molar-refractivity contribution in [3.05, 3.63) is 60.8 Å². The first kappa shape index (κ1) is 28.0. The fourth-order valence-corrected chi connectivity index (χ4v) is 5.10. The first-order chi connectivity index (χ1) is 18.4. The highest BCUT2D eigenvalue weighted by Gasteiger charge is 2.21. The first-order valence-corrected chi connectivity index (χ1v) is 14.5. The van der Waals surface area contributed by atoms with Crippen molar-refractivity contribution in [1.82, 2.24) is 4.98 Å². The number of carbonyl (C=O) groups is 1. The number of nitrogens with zero attached hydrogens (tertiary/aromatic N) is 3. The van der Waals surface area contributed by atoms with Crippen LogP contribution in [0.5, 0.6) is 5.75 Å². The monoisotopic (exact) mass is 573 g/mol. The highest BCUT2D eigenvalue weighted by molar-refractivity contribution is 7.86. The van der Waals surface area contributed by atoms with E-state index in [1.54, 1.807) is 18.2 Å². The molecule has 4 aromatic rings. The molecule has 204 valence electrons. The number of hydrogen-bond donors (Lipinski definition) is 3. The van der Waals surface area contributed by atoms with Gasteiger partial charge in [0.15, 0.2) is 5.75 Å². The van der Waals surface area contributed by atoms with Crippen LogP contribution >= 0.6 is 0 Å².